The summed E-state index contributed by atoms with van der Waals surface area (Å²) in [6, 6.07) is 10.2. The Morgan fingerprint density at radius 2 is 1.96 bits per heavy atom. The molecule has 0 saturated carbocycles. The zero-order valence-electron chi connectivity index (χ0n) is 14.0. The van der Waals surface area contributed by atoms with E-state index < -0.39 is 0 Å². The summed E-state index contributed by atoms with van der Waals surface area (Å²) in [5, 5.41) is 7.48. The van der Waals surface area contributed by atoms with Crippen molar-refractivity contribution in [1.29, 1.82) is 0 Å². The Kier molecular flexibility index (Phi) is 5.82. The first-order chi connectivity index (χ1) is 11.7. The molecule has 6 heteroatoms. The standard InChI is InChI=1S/C18H24N4OS/c1-14-17(15-7-3-2-4-8-15)21-18(24-14)20-10-9-19-13-16(23)22-11-5-6-12-22/h2-4,7-8,19H,5-6,9-13H2,1H3,(H,20,21). The average molecular weight is 344 g/mol. The highest BCUT2D eigenvalue weighted by Gasteiger charge is 2.16. The molecule has 128 valence electrons. The van der Waals surface area contributed by atoms with Gasteiger partial charge in [0.25, 0.3) is 0 Å². The quantitative estimate of drug-likeness (QED) is 0.759. The summed E-state index contributed by atoms with van der Waals surface area (Å²) in [4.78, 5) is 19.7. The van der Waals surface area contributed by atoms with E-state index in [0.29, 0.717) is 6.54 Å². The van der Waals surface area contributed by atoms with Crippen LogP contribution < -0.4 is 10.6 Å². The smallest absolute Gasteiger partial charge is 0.236 e. The first-order valence-corrected chi connectivity index (χ1v) is 9.31. The molecule has 0 bridgehead atoms. The number of hydrogen-bond donors (Lipinski definition) is 2. The molecule has 1 aromatic heterocycles. The van der Waals surface area contributed by atoms with Crippen molar-refractivity contribution in [1.82, 2.24) is 15.2 Å². The van der Waals surface area contributed by atoms with E-state index in [4.69, 9.17) is 0 Å². The number of amides is 1. The molecule has 2 N–H and O–H groups in total. The minimum Gasteiger partial charge on any atom is -0.360 e. The molecule has 0 aliphatic carbocycles. The van der Waals surface area contributed by atoms with Crippen LogP contribution in [-0.4, -0.2) is 48.5 Å². The average Bonchev–Trinajstić information content (AvgIpc) is 3.25. The summed E-state index contributed by atoms with van der Waals surface area (Å²) in [6.45, 7) is 5.86. The number of nitrogens with one attached hydrogen (secondary N) is 2. The zero-order chi connectivity index (χ0) is 16.8. The number of aryl methyl sites for hydroxylation is 1. The van der Waals surface area contributed by atoms with Crippen molar-refractivity contribution in [2.45, 2.75) is 19.8 Å². The molecule has 0 radical (unpaired) electrons. The molecule has 2 heterocycles. The van der Waals surface area contributed by atoms with E-state index in [0.717, 1.165) is 55.4 Å². The van der Waals surface area contributed by atoms with Crippen molar-refractivity contribution in [2.75, 3.05) is 38.0 Å². The van der Waals surface area contributed by atoms with Gasteiger partial charge in [0.2, 0.25) is 5.91 Å². The topological polar surface area (TPSA) is 57.3 Å². The van der Waals surface area contributed by atoms with Gasteiger partial charge < -0.3 is 15.5 Å². The van der Waals surface area contributed by atoms with Gasteiger partial charge in [0.1, 0.15) is 0 Å². The highest BCUT2D eigenvalue weighted by molar-refractivity contribution is 7.16. The molecule has 3 rings (SSSR count). The van der Waals surface area contributed by atoms with Crippen molar-refractivity contribution in [2.24, 2.45) is 0 Å². The van der Waals surface area contributed by atoms with Gasteiger partial charge in [-0.15, -0.1) is 11.3 Å². The minimum atomic E-state index is 0.212. The fourth-order valence-corrected chi connectivity index (χ4v) is 3.73. The zero-order valence-corrected chi connectivity index (χ0v) is 14.9. The predicted molar refractivity (Wildman–Crippen MR) is 99.5 cm³/mol. The maximum Gasteiger partial charge on any atom is 0.236 e. The number of carbonyl (C=O) groups is 1. The molecule has 1 saturated heterocycles. The first kappa shape index (κ1) is 16.9. The van der Waals surface area contributed by atoms with Crippen molar-refractivity contribution in [3.63, 3.8) is 0 Å². The Morgan fingerprint density at radius 1 is 1.21 bits per heavy atom. The second kappa shape index (κ2) is 8.26. The van der Waals surface area contributed by atoms with Gasteiger partial charge >= 0.3 is 0 Å². The summed E-state index contributed by atoms with van der Waals surface area (Å²) < 4.78 is 0. The normalized spacial score (nSPS) is 14.1. The Bertz CT molecular complexity index is 665. The minimum absolute atomic E-state index is 0.212. The highest BCUT2D eigenvalue weighted by atomic mass is 32.1. The second-order valence-corrected chi connectivity index (χ2v) is 7.18. The lowest BCUT2D eigenvalue weighted by Crippen LogP contribution is -2.37. The van der Waals surface area contributed by atoms with Crippen molar-refractivity contribution < 1.29 is 4.79 Å². The lowest BCUT2D eigenvalue weighted by Gasteiger charge is -2.15. The SMILES string of the molecule is Cc1sc(NCCNCC(=O)N2CCCC2)nc1-c1ccccc1. The third-order valence-electron chi connectivity index (χ3n) is 4.16. The lowest BCUT2D eigenvalue weighted by atomic mass is 10.1. The van der Waals surface area contributed by atoms with Crippen LogP contribution in [0.25, 0.3) is 11.3 Å². The Hall–Kier alpha value is -1.92. The van der Waals surface area contributed by atoms with E-state index in [1.807, 2.05) is 23.1 Å². The van der Waals surface area contributed by atoms with Gasteiger partial charge in [0.15, 0.2) is 5.13 Å². The largest absolute Gasteiger partial charge is 0.360 e. The molecule has 0 spiro atoms. The number of benzene rings is 1. The Morgan fingerprint density at radius 3 is 2.71 bits per heavy atom. The van der Waals surface area contributed by atoms with Gasteiger partial charge in [-0.2, -0.15) is 0 Å². The molecule has 5 nitrogen and oxygen atoms in total. The summed E-state index contributed by atoms with van der Waals surface area (Å²) in [5.41, 5.74) is 2.19. The number of nitrogens with zero attached hydrogens (tertiary/aromatic N) is 2. The number of rotatable bonds is 7. The van der Waals surface area contributed by atoms with Crippen LogP contribution in [0.4, 0.5) is 5.13 Å². The number of thiazole rings is 1. The van der Waals surface area contributed by atoms with E-state index in [1.54, 1.807) is 11.3 Å². The van der Waals surface area contributed by atoms with Crippen LogP contribution in [0.5, 0.6) is 0 Å². The molecule has 1 amide bonds. The molecular formula is C18H24N4OS. The van der Waals surface area contributed by atoms with Crippen LogP contribution in [0.2, 0.25) is 0 Å². The summed E-state index contributed by atoms with van der Waals surface area (Å²) in [7, 11) is 0. The molecule has 1 aromatic carbocycles. The fraction of sp³-hybridized carbons (Fsp3) is 0.444. The molecule has 0 unspecified atom stereocenters. The first-order valence-electron chi connectivity index (χ1n) is 8.49. The summed E-state index contributed by atoms with van der Waals surface area (Å²) >= 11 is 1.67. The van der Waals surface area contributed by atoms with Gasteiger partial charge in [-0.05, 0) is 19.8 Å². The summed E-state index contributed by atoms with van der Waals surface area (Å²) in [5.74, 6) is 0.212. The van der Waals surface area contributed by atoms with Crippen LogP contribution in [0.15, 0.2) is 30.3 Å². The second-order valence-electron chi connectivity index (χ2n) is 5.98. The van der Waals surface area contributed by atoms with Gasteiger partial charge in [-0.3, -0.25) is 4.79 Å². The van der Waals surface area contributed by atoms with Crippen molar-refractivity contribution in [3.8, 4) is 11.3 Å². The summed E-state index contributed by atoms with van der Waals surface area (Å²) in [6.07, 6.45) is 2.28. The molecule has 1 aliphatic rings. The lowest BCUT2D eigenvalue weighted by molar-refractivity contribution is -0.129. The van der Waals surface area contributed by atoms with Crippen LogP contribution in [0.3, 0.4) is 0 Å². The van der Waals surface area contributed by atoms with E-state index in [1.165, 1.54) is 4.88 Å². The maximum absolute atomic E-state index is 11.9. The number of carbonyl (C=O) groups excluding carboxylic acids is 1. The number of anilines is 1. The third kappa shape index (κ3) is 4.33. The molecule has 24 heavy (non-hydrogen) atoms. The monoisotopic (exact) mass is 344 g/mol. The van der Waals surface area contributed by atoms with Crippen molar-refractivity contribution in [3.05, 3.63) is 35.2 Å². The predicted octanol–water partition coefficient (Wildman–Crippen LogP) is 2.74. The van der Waals surface area contributed by atoms with E-state index in [2.05, 4.69) is 34.7 Å². The highest BCUT2D eigenvalue weighted by Crippen LogP contribution is 2.29. The number of likely N-dealkylation sites (tertiary alicyclic amines) is 1. The molecular weight excluding hydrogens is 320 g/mol. The van der Waals surface area contributed by atoms with Gasteiger partial charge in [0, 0.05) is 36.6 Å². The Balaban J connectivity index is 1.42. The van der Waals surface area contributed by atoms with Gasteiger partial charge in [-0.25, -0.2) is 4.98 Å². The van der Waals surface area contributed by atoms with E-state index in [9.17, 15) is 4.79 Å². The van der Waals surface area contributed by atoms with Gasteiger partial charge in [0.05, 0.1) is 12.2 Å². The maximum atomic E-state index is 11.9. The van der Waals surface area contributed by atoms with E-state index in [-0.39, 0.29) is 5.91 Å². The van der Waals surface area contributed by atoms with Crippen LogP contribution >= 0.6 is 11.3 Å². The molecule has 1 fully saturated rings. The Labute approximate surface area is 147 Å². The molecule has 0 atom stereocenters. The van der Waals surface area contributed by atoms with Crippen molar-refractivity contribution >= 4 is 22.4 Å². The fourth-order valence-electron chi connectivity index (χ4n) is 2.87. The third-order valence-corrected chi connectivity index (χ3v) is 5.09. The molecule has 1 aliphatic heterocycles. The van der Waals surface area contributed by atoms with Crippen LogP contribution in [-0.2, 0) is 4.79 Å². The van der Waals surface area contributed by atoms with Gasteiger partial charge in [-0.1, -0.05) is 30.3 Å². The van der Waals surface area contributed by atoms with Crippen LogP contribution in [0.1, 0.15) is 17.7 Å². The van der Waals surface area contributed by atoms with E-state index >= 15 is 0 Å². The molecule has 2 aromatic rings. The number of hydrogen-bond acceptors (Lipinski definition) is 5. The van der Waals surface area contributed by atoms with Crippen LogP contribution in [0, 0.1) is 6.92 Å². The number of aromatic nitrogens is 1.